The van der Waals surface area contributed by atoms with Crippen LogP contribution in [0.3, 0.4) is 0 Å². The first-order valence-electron chi connectivity index (χ1n) is 4.75. The van der Waals surface area contributed by atoms with E-state index in [4.69, 9.17) is 0 Å². The molecule has 66 valence electrons. The molecule has 2 aliphatic carbocycles. The average Bonchev–Trinajstić information content (AvgIpc) is 2.20. The van der Waals surface area contributed by atoms with E-state index >= 15 is 0 Å². The zero-order valence-corrected chi connectivity index (χ0v) is 8.00. The van der Waals surface area contributed by atoms with Crippen molar-refractivity contribution in [2.24, 2.45) is 23.2 Å². The third kappa shape index (κ3) is 0.825. The van der Waals surface area contributed by atoms with Crippen molar-refractivity contribution in [1.82, 2.24) is 0 Å². The van der Waals surface area contributed by atoms with Crippen LogP contribution in [0.25, 0.3) is 0 Å². The molecule has 0 N–H and O–H groups in total. The Morgan fingerprint density at radius 2 is 2.17 bits per heavy atom. The largest absolute Gasteiger partial charge is 0.295 e. The standard InChI is InChI=1S/C11H16O/c1-7-8-4-5-10(12)9(6-8)11(7,2)3/h4-5,7-9H,6H2,1-3H3. The van der Waals surface area contributed by atoms with Crippen LogP contribution in [0.5, 0.6) is 0 Å². The first kappa shape index (κ1) is 8.03. The van der Waals surface area contributed by atoms with Crippen LogP contribution in [0.2, 0.25) is 0 Å². The summed E-state index contributed by atoms with van der Waals surface area (Å²) in [5.41, 5.74) is 0.214. The Bertz CT molecular complexity index is 250. The van der Waals surface area contributed by atoms with Crippen LogP contribution in [-0.2, 0) is 4.79 Å². The predicted molar refractivity (Wildman–Crippen MR) is 48.7 cm³/mol. The number of hydrogen-bond donors (Lipinski definition) is 0. The molecule has 12 heavy (non-hydrogen) atoms. The molecule has 0 heterocycles. The smallest absolute Gasteiger partial charge is 0.159 e. The van der Waals surface area contributed by atoms with Gasteiger partial charge in [0.1, 0.15) is 0 Å². The van der Waals surface area contributed by atoms with Crippen LogP contribution >= 0.6 is 0 Å². The molecule has 0 saturated heterocycles. The molecular weight excluding hydrogens is 148 g/mol. The van der Waals surface area contributed by atoms with Gasteiger partial charge in [-0.15, -0.1) is 0 Å². The maximum absolute atomic E-state index is 11.5. The fourth-order valence-electron chi connectivity index (χ4n) is 2.71. The Balaban J connectivity index is 2.41. The van der Waals surface area contributed by atoms with Crippen LogP contribution in [-0.4, -0.2) is 5.78 Å². The Kier molecular flexibility index (Phi) is 1.48. The second kappa shape index (κ2) is 2.21. The van der Waals surface area contributed by atoms with E-state index < -0.39 is 0 Å². The molecule has 0 aromatic rings. The number of rotatable bonds is 0. The van der Waals surface area contributed by atoms with Gasteiger partial charge in [-0.05, 0) is 29.7 Å². The summed E-state index contributed by atoms with van der Waals surface area (Å²) >= 11 is 0. The van der Waals surface area contributed by atoms with Crippen molar-refractivity contribution in [3.63, 3.8) is 0 Å². The van der Waals surface area contributed by atoms with Gasteiger partial charge in [-0.3, -0.25) is 4.79 Å². The molecule has 0 spiro atoms. The van der Waals surface area contributed by atoms with Crippen LogP contribution in [0.1, 0.15) is 27.2 Å². The highest BCUT2D eigenvalue weighted by atomic mass is 16.1. The molecule has 0 aromatic carbocycles. The molecule has 2 aliphatic rings. The van der Waals surface area contributed by atoms with Crippen molar-refractivity contribution in [2.75, 3.05) is 0 Å². The highest BCUT2D eigenvalue weighted by molar-refractivity contribution is 5.93. The van der Waals surface area contributed by atoms with E-state index in [0.717, 1.165) is 6.42 Å². The second-order valence-corrected chi connectivity index (χ2v) is 4.82. The van der Waals surface area contributed by atoms with Gasteiger partial charge in [0.05, 0.1) is 0 Å². The average molecular weight is 164 g/mol. The van der Waals surface area contributed by atoms with Crippen LogP contribution in [0, 0.1) is 23.2 Å². The summed E-state index contributed by atoms with van der Waals surface area (Å²) < 4.78 is 0. The maximum Gasteiger partial charge on any atom is 0.159 e. The molecule has 0 aromatic heterocycles. The Hall–Kier alpha value is -0.590. The van der Waals surface area contributed by atoms with E-state index in [1.54, 1.807) is 6.08 Å². The van der Waals surface area contributed by atoms with Crippen molar-refractivity contribution in [2.45, 2.75) is 27.2 Å². The van der Waals surface area contributed by atoms with Gasteiger partial charge in [0.15, 0.2) is 5.78 Å². The highest BCUT2D eigenvalue weighted by Crippen LogP contribution is 2.53. The van der Waals surface area contributed by atoms with Crippen molar-refractivity contribution < 1.29 is 4.79 Å². The summed E-state index contributed by atoms with van der Waals surface area (Å²) in [5, 5.41) is 0. The monoisotopic (exact) mass is 164 g/mol. The number of carbonyl (C=O) groups is 1. The van der Waals surface area contributed by atoms with Crippen molar-refractivity contribution >= 4 is 5.78 Å². The van der Waals surface area contributed by atoms with E-state index in [0.29, 0.717) is 23.5 Å². The van der Waals surface area contributed by atoms with Gasteiger partial charge in [-0.25, -0.2) is 0 Å². The van der Waals surface area contributed by atoms with E-state index in [1.807, 2.05) is 0 Å². The molecule has 3 atom stereocenters. The van der Waals surface area contributed by atoms with E-state index in [-0.39, 0.29) is 5.41 Å². The number of hydrogen-bond acceptors (Lipinski definition) is 1. The van der Waals surface area contributed by atoms with Crippen molar-refractivity contribution in [3.8, 4) is 0 Å². The lowest BCUT2D eigenvalue weighted by molar-refractivity contribution is -0.121. The van der Waals surface area contributed by atoms with Gasteiger partial charge in [0, 0.05) is 5.92 Å². The quantitative estimate of drug-likeness (QED) is 0.537. The molecule has 0 amide bonds. The molecule has 3 unspecified atom stereocenters. The first-order valence-corrected chi connectivity index (χ1v) is 4.75. The number of ketones is 1. The van der Waals surface area contributed by atoms with E-state index in [2.05, 4.69) is 26.8 Å². The van der Waals surface area contributed by atoms with Crippen molar-refractivity contribution in [3.05, 3.63) is 12.2 Å². The molecule has 2 rings (SSSR count). The molecule has 2 bridgehead atoms. The minimum absolute atomic E-state index is 0.214. The summed E-state index contributed by atoms with van der Waals surface area (Å²) in [5.74, 6) is 1.95. The Labute approximate surface area is 73.8 Å². The fourth-order valence-corrected chi connectivity index (χ4v) is 2.71. The molecule has 1 fully saturated rings. The van der Waals surface area contributed by atoms with Gasteiger partial charge >= 0.3 is 0 Å². The minimum atomic E-state index is 0.214. The zero-order valence-electron chi connectivity index (χ0n) is 8.00. The predicted octanol–water partition coefficient (Wildman–Crippen LogP) is 2.42. The van der Waals surface area contributed by atoms with Gasteiger partial charge < -0.3 is 0 Å². The topological polar surface area (TPSA) is 17.1 Å². The lowest BCUT2D eigenvalue weighted by Gasteiger charge is -2.29. The molecule has 1 saturated carbocycles. The van der Waals surface area contributed by atoms with Gasteiger partial charge in [-0.1, -0.05) is 26.8 Å². The Morgan fingerprint density at radius 3 is 2.75 bits per heavy atom. The van der Waals surface area contributed by atoms with Gasteiger partial charge in [0.2, 0.25) is 0 Å². The van der Waals surface area contributed by atoms with E-state index in [9.17, 15) is 4.79 Å². The third-order valence-electron chi connectivity index (χ3n) is 4.07. The highest BCUT2D eigenvalue weighted by Gasteiger charge is 2.49. The summed E-state index contributed by atoms with van der Waals surface area (Å²) in [6.07, 6.45) is 4.99. The molecule has 0 radical (unpaired) electrons. The third-order valence-corrected chi connectivity index (χ3v) is 4.07. The lowest BCUT2D eigenvalue weighted by atomic mass is 9.75. The Morgan fingerprint density at radius 1 is 1.50 bits per heavy atom. The van der Waals surface area contributed by atoms with Gasteiger partial charge in [0.25, 0.3) is 0 Å². The van der Waals surface area contributed by atoms with Gasteiger partial charge in [-0.2, -0.15) is 0 Å². The number of carbonyl (C=O) groups excluding carboxylic acids is 1. The molecular formula is C11H16O. The summed E-state index contributed by atoms with van der Waals surface area (Å²) in [6, 6.07) is 0. The maximum atomic E-state index is 11.5. The molecule has 1 nitrogen and oxygen atoms in total. The SMILES string of the molecule is CC1C2C=CC(=O)C(C2)C1(C)C. The first-order chi connectivity index (χ1) is 5.53. The zero-order chi connectivity index (χ0) is 8.93. The second-order valence-electron chi connectivity index (χ2n) is 4.82. The summed E-state index contributed by atoms with van der Waals surface area (Å²) in [7, 11) is 0. The normalized spacial score (nSPS) is 43.6. The summed E-state index contributed by atoms with van der Waals surface area (Å²) in [4.78, 5) is 11.5. The minimum Gasteiger partial charge on any atom is -0.295 e. The van der Waals surface area contributed by atoms with Crippen molar-refractivity contribution in [1.29, 1.82) is 0 Å². The number of allylic oxidation sites excluding steroid dienone is 2. The number of fused-ring (bicyclic) bond motifs is 2. The summed E-state index contributed by atoms with van der Waals surface area (Å²) in [6.45, 7) is 6.73. The van der Waals surface area contributed by atoms with E-state index in [1.165, 1.54) is 0 Å². The van der Waals surface area contributed by atoms with Crippen LogP contribution in [0.15, 0.2) is 12.2 Å². The molecule has 0 aliphatic heterocycles. The molecule has 1 heteroatoms. The van der Waals surface area contributed by atoms with Crippen LogP contribution in [0.4, 0.5) is 0 Å². The fraction of sp³-hybridized carbons (Fsp3) is 0.727. The van der Waals surface area contributed by atoms with Crippen LogP contribution < -0.4 is 0 Å². The lowest BCUT2D eigenvalue weighted by Crippen LogP contribution is -2.28.